The van der Waals surface area contributed by atoms with E-state index in [0.717, 1.165) is 24.1 Å². The van der Waals surface area contributed by atoms with E-state index in [1.807, 2.05) is 6.92 Å². The minimum atomic E-state index is -0.130. The average molecular weight is 388 g/mol. The second-order valence-corrected chi connectivity index (χ2v) is 6.92. The molecular formula is C19H22ClN5O2. The molecule has 1 saturated heterocycles. The largest absolute Gasteiger partial charge is 0.349 e. The first kappa shape index (κ1) is 19.1. The molecule has 0 radical (unpaired) electrons. The molecule has 8 heteroatoms. The number of carbonyl (C=O) groups excluding carboxylic acids is 2. The Morgan fingerprint density at radius 2 is 2.07 bits per heavy atom. The zero-order valence-corrected chi connectivity index (χ0v) is 16.1. The van der Waals surface area contributed by atoms with Crippen LogP contribution < -0.4 is 5.32 Å². The molecule has 1 aliphatic heterocycles. The van der Waals surface area contributed by atoms with Gasteiger partial charge in [0, 0.05) is 50.2 Å². The number of halogens is 1. The van der Waals surface area contributed by atoms with E-state index in [-0.39, 0.29) is 17.9 Å². The highest BCUT2D eigenvalue weighted by Crippen LogP contribution is 2.20. The first-order valence-corrected chi connectivity index (χ1v) is 9.20. The van der Waals surface area contributed by atoms with Crippen LogP contribution >= 0.6 is 11.6 Å². The highest BCUT2D eigenvalue weighted by molar-refractivity contribution is 6.31. The highest BCUT2D eigenvalue weighted by atomic mass is 35.5. The third-order valence-electron chi connectivity index (χ3n) is 4.65. The minimum absolute atomic E-state index is 0.0562. The second-order valence-electron chi connectivity index (χ2n) is 6.56. The van der Waals surface area contributed by atoms with Crippen LogP contribution in [0.2, 0.25) is 5.15 Å². The number of carbonyl (C=O) groups is 2. The predicted octanol–water partition coefficient (Wildman–Crippen LogP) is 2.21. The summed E-state index contributed by atoms with van der Waals surface area (Å²) in [4.78, 5) is 30.4. The van der Waals surface area contributed by atoms with E-state index >= 15 is 0 Å². The monoisotopic (exact) mass is 387 g/mol. The summed E-state index contributed by atoms with van der Waals surface area (Å²) >= 11 is 6.18. The molecular weight excluding hydrogens is 366 g/mol. The number of rotatable bonds is 4. The second kappa shape index (κ2) is 8.35. The summed E-state index contributed by atoms with van der Waals surface area (Å²) in [6, 6.07) is 3.52. The number of nitrogens with zero attached hydrogens (tertiary/aromatic N) is 4. The summed E-state index contributed by atoms with van der Waals surface area (Å²) in [5.74, 6) is -0.194. The first-order valence-electron chi connectivity index (χ1n) is 8.82. The number of amides is 2. The van der Waals surface area contributed by atoms with Crippen LogP contribution in [0.1, 0.15) is 34.5 Å². The van der Waals surface area contributed by atoms with Crippen molar-refractivity contribution in [2.24, 2.45) is 7.05 Å². The van der Waals surface area contributed by atoms with Gasteiger partial charge in [0.05, 0.1) is 11.3 Å². The maximum atomic E-state index is 12.4. The molecule has 2 aromatic rings. The van der Waals surface area contributed by atoms with E-state index in [4.69, 9.17) is 11.6 Å². The Hall–Kier alpha value is -2.67. The molecule has 142 valence electrons. The van der Waals surface area contributed by atoms with Gasteiger partial charge in [-0.15, -0.1) is 0 Å². The summed E-state index contributed by atoms with van der Waals surface area (Å²) in [6.45, 7) is 3.05. The fraction of sp³-hybridized carbons (Fsp3) is 0.368. The van der Waals surface area contributed by atoms with Crippen LogP contribution in [0.15, 0.2) is 30.6 Å². The van der Waals surface area contributed by atoms with Gasteiger partial charge < -0.3 is 10.2 Å². The Morgan fingerprint density at radius 3 is 2.67 bits per heavy atom. The van der Waals surface area contributed by atoms with Crippen molar-refractivity contribution in [1.29, 1.82) is 0 Å². The summed E-state index contributed by atoms with van der Waals surface area (Å²) in [6.07, 6.45) is 7.86. The van der Waals surface area contributed by atoms with Crippen molar-refractivity contribution in [1.82, 2.24) is 25.0 Å². The van der Waals surface area contributed by atoms with E-state index in [0.29, 0.717) is 23.8 Å². The van der Waals surface area contributed by atoms with Crippen molar-refractivity contribution in [2.75, 3.05) is 13.1 Å². The zero-order valence-electron chi connectivity index (χ0n) is 15.4. The van der Waals surface area contributed by atoms with Crippen molar-refractivity contribution >= 4 is 29.5 Å². The van der Waals surface area contributed by atoms with Crippen LogP contribution in [0.25, 0.3) is 6.08 Å². The summed E-state index contributed by atoms with van der Waals surface area (Å²) in [5.41, 5.74) is 2.08. The topological polar surface area (TPSA) is 80.1 Å². The van der Waals surface area contributed by atoms with Gasteiger partial charge in [-0.3, -0.25) is 19.3 Å². The highest BCUT2D eigenvalue weighted by Gasteiger charge is 2.23. The maximum Gasteiger partial charge on any atom is 0.253 e. The van der Waals surface area contributed by atoms with Crippen LogP contribution in [0.4, 0.5) is 0 Å². The first-order chi connectivity index (χ1) is 13.0. The molecule has 0 saturated carbocycles. The lowest BCUT2D eigenvalue weighted by Gasteiger charge is -2.31. The third kappa shape index (κ3) is 4.54. The molecule has 3 rings (SSSR count). The van der Waals surface area contributed by atoms with Crippen molar-refractivity contribution < 1.29 is 9.59 Å². The quantitative estimate of drug-likeness (QED) is 0.815. The number of aryl methyl sites for hydroxylation is 2. The van der Waals surface area contributed by atoms with E-state index in [9.17, 15) is 9.59 Å². The Kier molecular flexibility index (Phi) is 5.91. The molecule has 0 bridgehead atoms. The SMILES string of the molecule is Cc1nn(C)c(Cl)c1/C=C/C(=O)N1CCC(NC(=O)c2cccnc2)CC1. The Bertz CT molecular complexity index is 854. The molecule has 7 nitrogen and oxygen atoms in total. The van der Waals surface area contributed by atoms with Crippen molar-refractivity contribution in [2.45, 2.75) is 25.8 Å². The van der Waals surface area contributed by atoms with Crippen LogP contribution in [0.3, 0.4) is 0 Å². The molecule has 0 aliphatic carbocycles. The van der Waals surface area contributed by atoms with Gasteiger partial charge in [0.1, 0.15) is 5.15 Å². The molecule has 0 aromatic carbocycles. The third-order valence-corrected chi connectivity index (χ3v) is 5.10. The standard InChI is InChI=1S/C19H22ClN5O2/c1-13-16(18(20)24(2)23-13)5-6-17(26)25-10-7-15(8-11-25)22-19(27)14-4-3-9-21-12-14/h3-6,9,12,15H,7-8,10-11H2,1-2H3,(H,22,27)/b6-5+. The van der Waals surface area contributed by atoms with Gasteiger partial charge >= 0.3 is 0 Å². The van der Waals surface area contributed by atoms with Crippen LogP contribution in [-0.2, 0) is 11.8 Å². The number of hydrogen-bond acceptors (Lipinski definition) is 4. The normalized spacial score (nSPS) is 15.3. The molecule has 0 spiro atoms. The molecule has 0 atom stereocenters. The molecule has 1 aliphatic rings. The lowest BCUT2D eigenvalue weighted by Crippen LogP contribution is -2.46. The Morgan fingerprint density at radius 1 is 1.33 bits per heavy atom. The van der Waals surface area contributed by atoms with E-state index < -0.39 is 0 Å². The fourth-order valence-electron chi connectivity index (χ4n) is 3.11. The van der Waals surface area contributed by atoms with Crippen molar-refractivity contribution in [3.8, 4) is 0 Å². The van der Waals surface area contributed by atoms with Gasteiger partial charge in [0.25, 0.3) is 5.91 Å². The summed E-state index contributed by atoms with van der Waals surface area (Å²) in [5, 5.41) is 7.74. The van der Waals surface area contributed by atoms with Gasteiger partial charge in [0.15, 0.2) is 0 Å². The lowest BCUT2D eigenvalue weighted by atomic mass is 10.0. The molecule has 3 heterocycles. The van der Waals surface area contributed by atoms with Gasteiger partial charge in [-0.2, -0.15) is 5.10 Å². The van der Waals surface area contributed by atoms with Crippen molar-refractivity contribution in [3.63, 3.8) is 0 Å². The predicted molar refractivity (Wildman–Crippen MR) is 103 cm³/mol. The Balaban J connectivity index is 1.52. The summed E-state index contributed by atoms with van der Waals surface area (Å²) < 4.78 is 1.58. The number of likely N-dealkylation sites (tertiary alicyclic amines) is 1. The van der Waals surface area contributed by atoms with Crippen LogP contribution in [0, 0.1) is 6.92 Å². The lowest BCUT2D eigenvalue weighted by molar-refractivity contribution is -0.126. The molecule has 1 fully saturated rings. The maximum absolute atomic E-state index is 12.4. The molecule has 2 amide bonds. The minimum Gasteiger partial charge on any atom is -0.349 e. The average Bonchev–Trinajstić information content (AvgIpc) is 2.92. The number of piperidine rings is 1. The van der Waals surface area contributed by atoms with E-state index in [1.165, 1.54) is 6.08 Å². The van der Waals surface area contributed by atoms with Gasteiger partial charge in [-0.05, 0) is 38.0 Å². The van der Waals surface area contributed by atoms with Crippen molar-refractivity contribution in [3.05, 3.63) is 52.6 Å². The molecule has 27 heavy (non-hydrogen) atoms. The summed E-state index contributed by atoms with van der Waals surface area (Å²) in [7, 11) is 1.76. The number of hydrogen-bond donors (Lipinski definition) is 1. The number of nitrogens with one attached hydrogen (secondary N) is 1. The van der Waals surface area contributed by atoms with Gasteiger partial charge in [0.2, 0.25) is 5.91 Å². The zero-order chi connectivity index (χ0) is 19.4. The number of aromatic nitrogens is 3. The Labute approximate surface area is 163 Å². The van der Waals surface area contributed by atoms with Gasteiger partial charge in [-0.1, -0.05) is 11.6 Å². The number of pyridine rings is 1. The van der Waals surface area contributed by atoms with E-state index in [2.05, 4.69) is 15.4 Å². The molecule has 1 N–H and O–H groups in total. The smallest absolute Gasteiger partial charge is 0.253 e. The molecule has 0 unspecified atom stereocenters. The molecule has 2 aromatic heterocycles. The fourth-order valence-corrected chi connectivity index (χ4v) is 3.34. The van der Waals surface area contributed by atoms with Gasteiger partial charge in [-0.25, -0.2) is 0 Å². The van der Waals surface area contributed by atoms with Crippen LogP contribution in [-0.4, -0.2) is 50.6 Å². The van der Waals surface area contributed by atoms with E-state index in [1.54, 1.807) is 47.2 Å². The van der Waals surface area contributed by atoms with Crippen LogP contribution in [0.5, 0.6) is 0 Å².